The minimum absolute atomic E-state index is 0.113. The second-order valence-electron chi connectivity index (χ2n) is 3.79. The molecule has 0 heterocycles. The van der Waals surface area contributed by atoms with Crippen LogP contribution < -0.4 is 4.72 Å². The quantitative estimate of drug-likeness (QED) is 0.512. The molecule has 0 amide bonds. The molecule has 0 aliphatic carbocycles. The summed E-state index contributed by atoms with van der Waals surface area (Å²) in [6, 6.07) is 14.5. The van der Waals surface area contributed by atoms with Crippen molar-refractivity contribution in [2.75, 3.05) is 4.72 Å². The summed E-state index contributed by atoms with van der Waals surface area (Å²) in [6.07, 6.45) is 0. The first-order valence-corrected chi connectivity index (χ1v) is 6.21. The molecule has 92 valence electrons. The van der Waals surface area contributed by atoms with Gasteiger partial charge in [0.1, 0.15) is 4.90 Å². The van der Waals surface area contributed by atoms with Crippen molar-refractivity contribution in [2.45, 2.75) is 11.8 Å². The number of nitrogens with zero attached hydrogens (tertiary/aromatic N) is 1. The van der Waals surface area contributed by atoms with Gasteiger partial charge in [-0.2, -0.15) is 0 Å². The van der Waals surface area contributed by atoms with E-state index in [4.69, 9.17) is 0 Å². The summed E-state index contributed by atoms with van der Waals surface area (Å²) in [5, 5.41) is 10.8. The lowest BCUT2D eigenvalue weighted by atomic mass is 10.2. The van der Waals surface area contributed by atoms with Crippen LogP contribution in [0.5, 0.6) is 0 Å². The summed E-state index contributed by atoms with van der Waals surface area (Å²) in [5.74, 6) is 0. The van der Waals surface area contributed by atoms with Crippen LogP contribution in [0.25, 0.3) is 0 Å². The van der Waals surface area contributed by atoms with Crippen LogP contribution in [-0.4, -0.2) is 4.92 Å². The molecule has 0 aromatic heterocycles. The number of anilines is 1. The SMILES string of the molecule is Cc1ccc(NSc2ccccc2[N+](=O)[O-])cc1. The molecule has 0 atom stereocenters. The molecule has 5 heteroatoms. The Kier molecular flexibility index (Phi) is 3.84. The lowest BCUT2D eigenvalue weighted by Crippen LogP contribution is -1.93. The third kappa shape index (κ3) is 3.01. The van der Waals surface area contributed by atoms with Crippen molar-refractivity contribution in [3.63, 3.8) is 0 Å². The second-order valence-corrected chi connectivity index (χ2v) is 4.64. The molecule has 2 aromatic rings. The first kappa shape index (κ1) is 12.4. The van der Waals surface area contributed by atoms with E-state index in [1.54, 1.807) is 18.2 Å². The van der Waals surface area contributed by atoms with Crippen molar-refractivity contribution < 1.29 is 4.92 Å². The number of rotatable bonds is 4. The van der Waals surface area contributed by atoms with Gasteiger partial charge in [0.05, 0.1) is 4.92 Å². The van der Waals surface area contributed by atoms with Gasteiger partial charge in [-0.25, -0.2) is 0 Å². The van der Waals surface area contributed by atoms with Gasteiger partial charge in [-0.15, -0.1) is 0 Å². The molecule has 0 aliphatic heterocycles. The number of hydrogen-bond acceptors (Lipinski definition) is 4. The van der Waals surface area contributed by atoms with Crippen molar-refractivity contribution in [3.8, 4) is 0 Å². The van der Waals surface area contributed by atoms with Gasteiger partial charge in [0.15, 0.2) is 0 Å². The van der Waals surface area contributed by atoms with E-state index in [2.05, 4.69) is 4.72 Å². The first-order chi connectivity index (χ1) is 8.66. The van der Waals surface area contributed by atoms with Gasteiger partial charge in [0, 0.05) is 11.8 Å². The molecule has 2 rings (SSSR count). The Balaban J connectivity index is 2.10. The van der Waals surface area contributed by atoms with E-state index in [9.17, 15) is 10.1 Å². The van der Waals surface area contributed by atoms with E-state index in [0.717, 1.165) is 5.69 Å². The molecule has 0 radical (unpaired) electrons. The third-order valence-electron chi connectivity index (χ3n) is 2.39. The number of nitro benzene ring substituents is 1. The minimum Gasteiger partial charge on any atom is -0.325 e. The van der Waals surface area contributed by atoms with E-state index >= 15 is 0 Å². The van der Waals surface area contributed by atoms with Gasteiger partial charge < -0.3 is 4.72 Å². The van der Waals surface area contributed by atoms with Gasteiger partial charge in [0.25, 0.3) is 5.69 Å². The number of benzene rings is 2. The second kappa shape index (κ2) is 5.55. The molecule has 0 aliphatic rings. The van der Waals surface area contributed by atoms with Crippen LogP contribution in [0, 0.1) is 17.0 Å². The lowest BCUT2D eigenvalue weighted by molar-refractivity contribution is -0.387. The van der Waals surface area contributed by atoms with E-state index < -0.39 is 0 Å². The summed E-state index contributed by atoms with van der Waals surface area (Å²) in [7, 11) is 0. The highest BCUT2D eigenvalue weighted by atomic mass is 32.2. The fourth-order valence-electron chi connectivity index (χ4n) is 1.43. The predicted octanol–water partition coefficient (Wildman–Crippen LogP) is 4.02. The summed E-state index contributed by atoms with van der Waals surface area (Å²) < 4.78 is 3.10. The molecule has 0 saturated carbocycles. The van der Waals surface area contributed by atoms with Crippen molar-refractivity contribution in [2.24, 2.45) is 0 Å². The number of para-hydroxylation sites is 1. The topological polar surface area (TPSA) is 55.2 Å². The van der Waals surface area contributed by atoms with Crippen molar-refractivity contribution >= 4 is 23.3 Å². The Hall–Kier alpha value is -2.01. The molecule has 0 unspecified atom stereocenters. The highest BCUT2D eigenvalue weighted by Crippen LogP contribution is 2.29. The van der Waals surface area contributed by atoms with E-state index in [-0.39, 0.29) is 10.6 Å². The van der Waals surface area contributed by atoms with E-state index in [0.29, 0.717) is 4.90 Å². The molecule has 0 saturated heterocycles. The van der Waals surface area contributed by atoms with Crippen LogP contribution in [0.2, 0.25) is 0 Å². The molecule has 0 fully saturated rings. The van der Waals surface area contributed by atoms with Gasteiger partial charge in [-0.05, 0) is 37.1 Å². The smallest absolute Gasteiger partial charge is 0.284 e. The Labute approximate surface area is 109 Å². The van der Waals surface area contributed by atoms with Crippen LogP contribution in [0.3, 0.4) is 0 Å². The zero-order valence-electron chi connectivity index (χ0n) is 9.79. The van der Waals surface area contributed by atoms with Gasteiger partial charge in [-0.1, -0.05) is 29.8 Å². The highest BCUT2D eigenvalue weighted by molar-refractivity contribution is 8.00. The molecular weight excluding hydrogens is 248 g/mol. The normalized spacial score (nSPS) is 10.1. The number of nitro groups is 1. The van der Waals surface area contributed by atoms with Gasteiger partial charge in [0.2, 0.25) is 0 Å². The molecule has 2 aromatic carbocycles. The van der Waals surface area contributed by atoms with Crippen LogP contribution in [0.4, 0.5) is 11.4 Å². The summed E-state index contributed by atoms with van der Waals surface area (Å²) in [6.45, 7) is 2.01. The average molecular weight is 260 g/mol. The molecule has 18 heavy (non-hydrogen) atoms. The maximum absolute atomic E-state index is 10.8. The zero-order chi connectivity index (χ0) is 13.0. The Morgan fingerprint density at radius 1 is 1.11 bits per heavy atom. The molecule has 0 bridgehead atoms. The maximum atomic E-state index is 10.8. The summed E-state index contributed by atoms with van der Waals surface area (Å²) >= 11 is 1.24. The van der Waals surface area contributed by atoms with E-state index in [1.165, 1.54) is 23.6 Å². The van der Waals surface area contributed by atoms with Gasteiger partial charge in [-0.3, -0.25) is 10.1 Å². The first-order valence-electron chi connectivity index (χ1n) is 5.40. The van der Waals surface area contributed by atoms with Crippen molar-refractivity contribution in [3.05, 3.63) is 64.2 Å². The van der Waals surface area contributed by atoms with E-state index in [1.807, 2.05) is 31.2 Å². The molecular formula is C13H12N2O2S. The van der Waals surface area contributed by atoms with Crippen molar-refractivity contribution in [1.82, 2.24) is 0 Å². The number of hydrogen-bond donors (Lipinski definition) is 1. The number of nitrogens with one attached hydrogen (secondary N) is 1. The van der Waals surface area contributed by atoms with Crippen LogP contribution >= 0.6 is 11.9 Å². The molecule has 0 spiro atoms. The lowest BCUT2D eigenvalue weighted by Gasteiger charge is -2.06. The molecule has 1 N–H and O–H groups in total. The summed E-state index contributed by atoms with van der Waals surface area (Å²) in [5.41, 5.74) is 2.21. The molecule has 4 nitrogen and oxygen atoms in total. The van der Waals surface area contributed by atoms with Crippen LogP contribution in [0.15, 0.2) is 53.4 Å². The Morgan fingerprint density at radius 3 is 2.44 bits per heavy atom. The zero-order valence-corrected chi connectivity index (χ0v) is 10.6. The monoisotopic (exact) mass is 260 g/mol. The number of aryl methyl sites for hydroxylation is 1. The standard InChI is InChI=1S/C13H12N2O2S/c1-10-6-8-11(9-7-10)14-18-13-5-3-2-4-12(13)15(16)17/h2-9,14H,1H3. The Morgan fingerprint density at radius 2 is 1.78 bits per heavy atom. The average Bonchev–Trinajstić information content (AvgIpc) is 2.38. The van der Waals surface area contributed by atoms with Crippen LogP contribution in [-0.2, 0) is 0 Å². The Bertz CT molecular complexity index is 555. The summed E-state index contributed by atoms with van der Waals surface area (Å²) in [4.78, 5) is 11.1. The van der Waals surface area contributed by atoms with Crippen molar-refractivity contribution in [1.29, 1.82) is 0 Å². The largest absolute Gasteiger partial charge is 0.325 e. The van der Waals surface area contributed by atoms with Gasteiger partial charge >= 0.3 is 0 Å². The third-order valence-corrected chi connectivity index (χ3v) is 3.30. The van der Waals surface area contributed by atoms with Crippen LogP contribution in [0.1, 0.15) is 5.56 Å². The fourth-order valence-corrected chi connectivity index (χ4v) is 2.19. The highest BCUT2D eigenvalue weighted by Gasteiger charge is 2.12. The predicted molar refractivity (Wildman–Crippen MR) is 73.8 cm³/mol. The fraction of sp³-hybridized carbons (Fsp3) is 0.0769. The minimum atomic E-state index is -0.376. The maximum Gasteiger partial charge on any atom is 0.284 e.